The first-order valence-corrected chi connectivity index (χ1v) is 14.9. The SMILES string of the molecule is c1ccc(-c2cc(-c3ccccc3)cc(-n3c4ccccc4c4c5c6ccccc6ccc5c5ccccc5c43)c2)cc1. The highest BCUT2D eigenvalue weighted by atomic mass is 15.0. The first-order chi connectivity index (χ1) is 21.3. The van der Waals surface area contributed by atoms with Crippen LogP contribution in [-0.2, 0) is 0 Å². The van der Waals surface area contributed by atoms with Gasteiger partial charge >= 0.3 is 0 Å². The van der Waals surface area contributed by atoms with Crippen molar-refractivity contribution in [3.05, 3.63) is 164 Å². The van der Waals surface area contributed by atoms with E-state index in [2.05, 4.69) is 168 Å². The van der Waals surface area contributed by atoms with E-state index >= 15 is 0 Å². The third kappa shape index (κ3) is 3.65. The van der Waals surface area contributed by atoms with Crippen LogP contribution >= 0.6 is 0 Å². The van der Waals surface area contributed by atoms with Crippen LogP contribution in [-0.4, -0.2) is 4.57 Å². The lowest BCUT2D eigenvalue weighted by molar-refractivity contribution is 1.19. The van der Waals surface area contributed by atoms with Gasteiger partial charge in [-0.2, -0.15) is 0 Å². The molecule has 0 saturated carbocycles. The van der Waals surface area contributed by atoms with Crippen molar-refractivity contribution in [2.75, 3.05) is 0 Å². The summed E-state index contributed by atoms with van der Waals surface area (Å²) in [5.41, 5.74) is 8.47. The molecule has 9 rings (SSSR count). The lowest BCUT2D eigenvalue weighted by Gasteiger charge is -2.16. The number of nitrogens with zero attached hydrogens (tertiary/aromatic N) is 1. The monoisotopic (exact) mass is 545 g/mol. The molecular weight excluding hydrogens is 518 g/mol. The molecule has 43 heavy (non-hydrogen) atoms. The van der Waals surface area contributed by atoms with Gasteiger partial charge in [0.25, 0.3) is 0 Å². The van der Waals surface area contributed by atoms with Crippen molar-refractivity contribution in [2.24, 2.45) is 0 Å². The Balaban J connectivity index is 1.51. The summed E-state index contributed by atoms with van der Waals surface area (Å²) in [6.07, 6.45) is 0. The van der Waals surface area contributed by atoms with E-state index < -0.39 is 0 Å². The molecule has 0 atom stereocenters. The number of hydrogen-bond donors (Lipinski definition) is 0. The minimum absolute atomic E-state index is 1.16. The highest BCUT2D eigenvalue weighted by molar-refractivity contribution is 6.36. The van der Waals surface area contributed by atoms with Crippen LogP contribution in [0.15, 0.2) is 164 Å². The second-order valence-corrected chi connectivity index (χ2v) is 11.3. The lowest BCUT2D eigenvalue weighted by Crippen LogP contribution is -1.97. The number of para-hydroxylation sites is 1. The highest BCUT2D eigenvalue weighted by Crippen LogP contribution is 2.45. The average Bonchev–Trinajstić information content (AvgIpc) is 3.44. The molecule has 1 aromatic heterocycles. The predicted molar refractivity (Wildman–Crippen MR) is 184 cm³/mol. The molecule has 1 heterocycles. The fourth-order valence-corrected chi connectivity index (χ4v) is 7.04. The van der Waals surface area contributed by atoms with Gasteiger partial charge in [-0.25, -0.2) is 0 Å². The van der Waals surface area contributed by atoms with Gasteiger partial charge in [-0.1, -0.05) is 140 Å². The zero-order chi connectivity index (χ0) is 28.3. The molecule has 200 valence electrons. The van der Waals surface area contributed by atoms with Crippen molar-refractivity contribution < 1.29 is 0 Å². The van der Waals surface area contributed by atoms with Crippen LogP contribution in [0.25, 0.3) is 82.1 Å². The minimum Gasteiger partial charge on any atom is -0.309 e. The summed E-state index contributed by atoms with van der Waals surface area (Å²) in [7, 11) is 0. The first-order valence-electron chi connectivity index (χ1n) is 14.9. The summed E-state index contributed by atoms with van der Waals surface area (Å²) in [4.78, 5) is 0. The predicted octanol–water partition coefficient (Wildman–Crippen LogP) is 11.6. The molecule has 0 amide bonds. The fraction of sp³-hybridized carbons (Fsp3) is 0. The second-order valence-electron chi connectivity index (χ2n) is 11.3. The molecule has 0 radical (unpaired) electrons. The summed E-state index contributed by atoms with van der Waals surface area (Å²) in [6.45, 7) is 0. The van der Waals surface area contributed by atoms with Gasteiger partial charge in [0.05, 0.1) is 11.0 Å². The van der Waals surface area contributed by atoms with E-state index in [0.29, 0.717) is 0 Å². The van der Waals surface area contributed by atoms with Crippen molar-refractivity contribution in [3.8, 4) is 27.9 Å². The maximum atomic E-state index is 2.51. The number of aromatic nitrogens is 1. The first kappa shape index (κ1) is 24.0. The Labute approximate surface area is 249 Å². The van der Waals surface area contributed by atoms with E-state index in [1.807, 2.05) is 0 Å². The van der Waals surface area contributed by atoms with Crippen LogP contribution in [0.5, 0.6) is 0 Å². The number of hydrogen-bond acceptors (Lipinski definition) is 0. The smallest absolute Gasteiger partial charge is 0.0626 e. The van der Waals surface area contributed by atoms with E-state index in [9.17, 15) is 0 Å². The molecule has 0 saturated heterocycles. The van der Waals surface area contributed by atoms with Crippen LogP contribution in [0.3, 0.4) is 0 Å². The Kier molecular flexibility index (Phi) is 5.27. The van der Waals surface area contributed by atoms with Crippen molar-refractivity contribution in [2.45, 2.75) is 0 Å². The molecule has 0 aliphatic rings. The zero-order valence-corrected chi connectivity index (χ0v) is 23.5. The molecule has 8 aromatic carbocycles. The van der Waals surface area contributed by atoms with Gasteiger partial charge in [0, 0.05) is 27.2 Å². The molecule has 9 aromatic rings. The van der Waals surface area contributed by atoms with Gasteiger partial charge in [-0.3, -0.25) is 0 Å². The molecule has 1 heteroatoms. The van der Waals surface area contributed by atoms with Gasteiger partial charge in [0.2, 0.25) is 0 Å². The Hall–Kier alpha value is -5.66. The highest BCUT2D eigenvalue weighted by Gasteiger charge is 2.20. The van der Waals surface area contributed by atoms with E-state index in [0.717, 1.165) is 5.69 Å². The van der Waals surface area contributed by atoms with Crippen molar-refractivity contribution in [3.63, 3.8) is 0 Å². The van der Waals surface area contributed by atoms with Gasteiger partial charge in [0.15, 0.2) is 0 Å². The third-order valence-corrected chi connectivity index (χ3v) is 8.92. The van der Waals surface area contributed by atoms with Crippen LogP contribution in [0, 0.1) is 0 Å². The van der Waals surface area contributed by atoms with E-state index in [1.165, 1.54) is 76.4 Å². The molecule has 0 aliphatic carbocycles. The molecule has 0 fully saturated rings. The molecule has 0 spiro atoms. The summed E-state index contributed by atoms with van der Waals surface area (Å²) in [6, 6.07) is 59.7. The lowest BCUT2D eigenvalue weighted by atomic mass is 9.93. The quantitative estimate of drug-likeness (QED) is 0.195. The van der Waals surface area contributed by atoms with E-state index in [4.69, 9.17) is 0 Å². The maximum Gasteiger partial charge on any atom is 0.0626 e. The Morgan fingerprint density at radius 2 is 0.884 bits per heavy atom. The molecule has 0 aliphatic heterocycles. The summed E-state index contributed by atoms with van der Waals surface area (Å²) in [5, 5.41) is 10.3. The van der Waals surface area contributed by atoms with Crippen LogP contribution in [0.4, 0.5) is 0 Å². The number of fused-ring (bicyclic) bond motifs is 10. The summed E-state index contributed by atoms with van der Waals surface area (Å²) < 4.78 is 2.51. The minimum atomic E-state index is 1.16. The van der Waals surface area contributed by atoms with E-state index in [1.54, 1.807) is 0 Å². The third-order valence-electron chi connectivity index (χ3n) is 8.92. The van der Waals surface area contributed by atoms with Gasteiger partial charge in [-0.05, 0) is 68.1 Å². The Morgan fingerprint density at radius 1 is 0.326 bits per heavy atom. The molecule has 0 N–H and O–H groups in total. The molecule has 0 bridgehead atoms. The molecule has 0 unspecified atom stereocenters. The van der Waals surface area contributed by atoms with Crippen LogP contribution in [0.1, 0.15) is 0 Å². The van der Waals surface area contributed by atoms with Crippen LogP contribution in [0.2, 0.25) is 0 Å². The average molecular weight is 546 g/mol. The number of benzene rings is 8. The summed E-state index contributed by atoms with van der Waals surface area (Å²) in [5.74, 6) is 0. The Morgan fingerprint density at radius 3 is 1.58 bits per heavy atom. The normalized spacial score (nSPS) is 11.7. The van der Waals surface area contributed by atoms with Crippen molar-refractivity contribution >= 4 is 54.1 Å². The van der Waals surface area contributed by atoms with Crippen molar-refractivity contribution in [1.82, 2.24) is 4.57 Å². The topological polar surface area (TPSA) is 4.93 Å². The van der Waals surface area contributed by atoms with Gasteiger partial charge in [-0.15, -0.1) is 0 Å². The zero-order valence-electron chi connectivity index (χ0n) is 23.5. The molecular formula is C42H27N. The van der Waals surface area contributed by atoms with Gasteiger partial charge in [0.1, 0.15) is 0 Å². The largest absolute Gasteiger partial charge is 0.309 e. The Bertz CT molecular complexity index is 2430. The van der Waals surface area contributed by atoms with Crippen LogP contribution < -0.4 is 0 Å². The standard InChI is InChI=1S/C42H27N/c1-3-13-28(14-4-1)31-25-32(29-15-5-2-6-16-29)27-33(26-31)43-39-22-12-11-21-38(39)41-40-34-18-8-7-17-30(34)23-24-36(40)35-19-9-10-20-37(35)42(41)43/h1-27H. The molecule has 1 nitrogen and oxygen atoms in total. The maximum absolute atomic E-state index is 2.51. The summed E-state index contributed by atoms with van der Waals surface area (Å²) >= 11 is 0. The second kappa shape index (κ2) is 9.44. The fourth-order valence-electron chi connectivity index (χ4n) is 7.04. The van der Waals surface area contributed by atoms with Gasteiger partial charge < -0.3 is 4.57 Å². The number of rotatable bonds is 3. The van der Waals surface area contributed by atoms with Crippen molar-refractivity contribution in [1.29, 1.82) is 0 Å². The van der Waals surface area contributed by atoms with E-state index in [-0.39, 0.29) is 0 Å².